The highest BCUT2D eigenvalue weighted by Gasteiger charge is 2.08. The fraction of sp³-hybridized carbons (Fsp3) is 0. The Bertz CT molecular complexity index is 663. The van der Waals surface area contributed by atoms with Gasteiger partial charge in [0.1, 0.15) is 0 Å². The van der Waals surface area contributed by atoms with E-state index in [1.807, 2.05) is 48.5 Å². The lowest BCUT2D eigenvalue weighted by atomic mass is 10.3. The molecule has 2 N–H and O–H groups in total. The first kappa shape index (κ1) is 10.1. The maximum absolute atomic E-state index is 5.83. The maximum atomic E-state index is 5.83. The van der Waals surface area contributed by atoms with Gasteiger partial charge >= 0.3 is 0 Å². The van der Waals surface area contributed by atoms with Gasteiger partial charge in [0, 0.05) is 0 Å². The second-order valence-electron chi connectivity index (χ2n) is 3.62. The number of para-hydroxylation sites is 2. The van der Waals surface area contributed by atoms with Crippen molar-refractivity contribution in [3.8, 4) is 11.6 Å². The Morgan fingerprint density at radius 1 is 1.00 bits per heavy atom. The molecule has 0 aliphatic heterocycles. The van der Waals surface area contributed by atoms with E-state index in [0.29, 0.717) is 17.3 Å². The molecule has 0 aliphatic rings. The lowest BCUT2D eigenvalue weighted by Gasteiger charge is -2.05. The summed E-state index contributed by atoms with van der Waals surface area (Å²) in [6, 6.07) is 15.4. The largest absolute Gasteiger partial charge is 0.435 e. The minimum Gasteiger partial charge on any atom is -0.435 e. The van der Waals surface area contributed by atoms with Crippen molar-refractivity contribution in [3.05, 3.63) is 48.5 Å². The summed E-state index contributed by atoms with van der Waals surface area (Å²) in [6.07, 6.45) is 0. The summed E-state index contributed by atoms with van der Waals surface area (Å²) in [5.74, 6) is 1.26. The zero-order valence-corrected chi connectivity index (χ0v) is 9.78. The highest BCUT2D eigenvalue weighted by Crippen LogP contribution is 2.33. The predicted octanol–water partition coefficient (Wildman–Crippen LogP) is 3.67. The second kappa shape index (κ2) is 4.07. The highest BCUT2D eigenvalue weighted by molar-refractivity contribution is 7.13. The molecule has 4 heteroatoms. The van der Waals surface area contributed by atoms with Gasteiger partial charge in [0.05, 0.1) is 15.8 Å². The van der Waals surface area contributed by atoms with Gasteiger partial charge in [0.25, 0.3) is 0 Å². The zero-order valence-electron chi connectivity index (χ0n) is 8.96. The molecule has 0 saturated heterocycles. The fourth-order valence-electron chi connectivity index (χ4n) is 1.61. The number of nitrogens with zero attached hydrogens (tertiary/aromatic N) is 1. The lowest BCUT2D eigenvalue weighted by molar-refractivity contribution is 0.476. The molecule has 1 heterocycles. The number of aromatic nitrogens is 1. The summed E-state index contributed by atoms with van der Waals surface area (Å²) in [7, 11) is 0. The van der Waals surface area contributed by atoms with Crippen LogP contribution in [-0.2, 0) is 0 Å². The number of nitrogens with two attached hydrogens (primary N) is 1. The Kier molecular flexibility index (Phi) is 2.42. The SMILES string of the molecule is Nc1ccccc1Oc1nsc2ccccc12. The van der Waals surface area contributed by atoms with Crippen molar-refractivity contribution in [1.82, 2.24) is 4.37 Å². The number of nitrogen functional groups attached to an aromatic ring is 1. The van der Waals surface area contributed by atoms with Crippen molar-refractivity contribution in [2.24, 2.45) is 0 Å². The van der Waals surface area contributed by atoms with E-state index >= 15 is 0 Å². The number of rotatable bonds is 2. The third-order valence-corrected chi connectivity index (χ3v) is 3.28. The lowest BCUT2D eigenvalue weighted by Crippen LogP contribution is -1.91. The Labute approximate surface area is 103 Å². The average Bonchev–Trinajstić information content (AvgIpc) is 2.76. The van der Waals surface area contributed by atoms with E-state index in [1.54, 1.807) is 0 Å². The van der Waals surface area contributed by atoms with Crippen LogP contribution < -0.4 is 10.5 Å². The summed E-state index contributed by atoms with van der Waals surface area (Å²) >= 11 is 1.42. The van der Waals surface area contributed by atoms with Crippen LogP contribution >= 0.6 is 11.5 Å². The molecule has 0 spiro atoms. The van der Waals surface area contributed by atoms with Gasteiger partial charge in [-0.25, -0.2) is 0 Å². The van der Waals surface area contributed by atoms with E-state index in [2.05, 4.69) is 4.37 Å². The third-order valence-electron chi connectivity index (χ3n) is 2.47. The van der Waals surface area contributed by atoms with E-state index < -0.39 is 0 Å². The number of benzene rings is 2. The summed E-state index contributed by atoms with van der Waals surface area (Å²) in [5.41, 5.74) is 6.45. The number of hydrogen-bond donors (Lipinski definition) is 1. The molecule has 84 valence electrons. The Balaban J connectivity index is 2.03. The van der Waals surface area contributed by atoms with E-state index in [-0.39, 0.29) is 0 Å². The monoisotopic (exact) mass is 242 g/mol. The van der Waals surface area contributed by atoms with E-state index in [0.717, 1.165) is 10.1 Å². The molecule has 0 aliphatic carbocycles. The first-order valence-electron chi connectivity index (χ1n) is 5.21. The third kappa shape index (κ3) is 1.83. The van der Waals surface area contributed by atoms with Crippen LogP contribution in [0.5, 0.6) is 11.6 Å². The highest BCUT2D eigenvalue weighted by atomic mass is 32.1. The summed E-state index contributed by atoms with van der Waals surface area (Å²) in [6.45, 7) is 0. The van der Waals surface area contributed by atoms with Gasteiger partial charge in [0.2, 0.25) is 5.88 Å². The van der Waals surface area contributed by atoms with Crippen molar-refractivity contribution in [3.63, 3.8) is 0 Å². The van der Waals surface area contributed by atoms with Gasteiger partial charge in [-0.05, 0) is 35.8 Å². The van der Waals surface area contributed by atoms with Gasteiger partial charge in [-0.3, -0.25) is 0 Å². The average molecular weight is 242 g/mol. The van der Waals surface area contributed by atoms with Crippen molar-refractivity contribution in [1.29, 1.82) is 0 Å². The summed E-state index contributed by atoms with van der Waals surface area (Å²) < 4.78 is 11.1. The number of anilines is 1. The van der Waals surface area contributed by atoms with E-state index in [9.17, 15) is 0 Å². The second-order valence-corrected chi connectivity index (χ2v) is 4.43. The van der Waals surface area contributed by atoms with Crippen LogP contribution in [0.1, 0.15) is 0 Å². The molecule has 0 bridgehead atoms. The van der Waals surface area contributed by atoms with Crippen LogP contribution in [-0.4, -0.2) is 4.37 Å². The predicted molar refractivity (Wildman–Crippen MR) is 70.5 cm³/mol. The molecule has 1 aromatic heterocycles. The van der Waals surface area contributed by atoms with Crippen molar-refractivity contribution in [2.75, 3.05) is 5.73 Å². The molecule has 0 unspecified atom stereocenters. The van der Waals surface area contributed by atoms with Gasteiger partial charge in [-0.2, -0.15) is 4.37 Å². The normalized spacial score (nSPS) is 10.6. The molecule has 0 fully saturated rings. The number of fused-ring (bicyclic) bond motifs is 1. The van der Waals surface area contributed by atoms with Crippen LogP contribution in [0.3, 0.4) is 0 Å². The molecular formula is C13H10N2OS. The van der Waals surface area contributed by atoms with E-state index in [1.165, 1.54) is 11.5 Å². The minimum atomic E-state index is 0.614. The molecule has 0 radical (unpaired) electrons. The molecule has 0 atom stereocenters. The number of ether oxygens (including phenoxy) is 1. The quantitative estimate of drug-likeness (QED) is 0.697. The smallest absolute Gasteiger partial charge is 0.238 e. The molecule has 3 nitrogen and oxygen atoms in total. The molecular weight excluding hydrogens is 232 g/mol. The molecule has 3 rings (SSSR count). The Morgan fingerprint density at radius 3 is 2.65 bits per heavy atom. The van der Waals surface area contributed by atoms with Gasteiger partial charge in [0.15, 0.2) is 5.75 Å². The van der Waals surface area contributed by atoms with E-state index in [4.69, 9.17) is 10.5 Å². The van der Waals surface area contributed by atoms with Gasteiger partial charge in [-0.15, -0.1) is 0 Å². The van der Waals surface area contributed by atoms with Gasteiger partial charge < -0.3 is 10.5 Å². The van der Waals surface area contributed by atoms with Crippen molar-refractivity contribution >= 4 is 27.3 Å². The molecule has 3 aromatic rings. The topological polar surface area (TPSA) is 48.1 Å². The van der Waals surface area contributed by atoms with Crippen LogP contribution in [0.4, 0.5) is 5.69 Å². The Hall–Kier alpha value is -2.07. The Morgan fingerprint density at radius 2 is 1.76 bits per heavy atom. The summed E-state index contributed by atoms with van der Waals surface area (Å²) in [5, 5.41) is 1.01. The van der Waals surface area contributed by atoms with Crippen LogP contribution in [0.15, 0.2) is 48.5 Å². The van der Waals surface area contributed by atoms with Crippen molar-refractivity contribution < 1.29 is 4.74 Å². The molecule has 0 amide bonds. The molecule has 0 saturated carbocycles. The zero-order chi connectivity index (χ0) is 11.7. The van der Waals surface area contributed by atoms with Crippen LogP contribution in [0, 0.1) is 0 Å². The standard InChI is InChI=1S/C13H10N2OS/c14-10-6-2-3-7-11(10)16-13-9-5-1-4-8-12(9)17-15-13/h1-8H,14H2. The number of hydrogen-bond acceptors (Lipinski definition) is 4. The van der Waals surface area contributed by atoms with Crippen LogP contribution in [0.25, 0.3) is 10.1 Å². The first-order valence-corrected chi connectivity index (χ1v) is 5.99. The van der Waals surface area contributed by atoms with Crippen molar-refractivity contribution in [2.45, 2.75) is 0 Å². The minimum absolute atomic E-state index is 0.614. The molecule has 2 aromatic carbocycles. The molecule has 17 heavy (non-hydrogen) atoms. The fourth-order valence-corrected chi connectivity index (χ4v) is 2.32. The first-order chi connectivity index (χ1) is 8.34. The maximum Gasteiger partial charge on any atom is 0.238 e. The van der Waals surface area contributed by atoms with Crippen LogP contribution in [0.2, 0.25) is 0 Å². The van der Waals surface area contributed by atoms with Gasteiger partial charge in [-0.1, -0.05) is 24.3 Å². The summed E-state index contributed by atoms with van der Waals surface area (Å²) in [4.78, 5) is 0.